The lowest BCUT2D eigenvalue weighted by atomic mass is 9.97. The third-order valence-corrected chi connectivity index (χ3v) is 6.78. The van der Waals surface area contributed by atoms with Crippen LogP contribution in [0.5, 0.6) is 0 Å². The molecule has 2 rings (SSSR count). The quantitative estimate of drug-likeness (QED) is 0.557. The maximum Gasteiger partial charge on any atom is 0.338 e. The van der Waals surface area contributed by atoms with Crippen LogP contribution in [-0.4, -0.2) is 52.2 Å². The first-order chi connectivity index (χ1) is 15.0. The first-order valence-electron chi connectivity index (χ1n) is 11.4. The molecule has 0 spiro atoms. The van der Waals surface area contributed by atoms with Crippen LogP contribution in [0.2, 0.25) is 0 Å². The van der Waals surface area contributed by atoms with Crippen molar-refractivity contribution in [1.29, 1.82) is 0 Å². The van der Waals surface area contributed by atoms with Gasteiger partial charge in [0.15, 0.2) is 9.84 Å². The molecule has 1 atom stereocenters. The number of hydrogen-bond donors (Lipinski definition) is 0. The average Bonchev–Trinajstić information content (AvgIpc) is 2.68. The zero-order valence-corrected chi connectivity index (χ0v) is 20.9. The Labute approximate surface area is 193 Å². The summed E-state index contributed by atoms with van der Waals surface area (Å²) in [6.07, 6.45) is 5.04. The van der Waals surface area contributed by atoms with E-state index in [9.17, 15) is 13.2 Å². The van der Waals surface area contributed by atoms with Crippen molar-refractivity contribution < 1.29 is 27.4 Å². The Morgan fingerprint density at radius 2 is 1.69 bits per heavy atom. The smallest absolute Gasteiger partial charge is 0.338 e. The van der Waals surface area contributed by atoms with Gasteiger partial charge in [0, 0.05) is 18.6 Å². The molecule has 1 unspecified atom stereocenters. The molecule has 0 N–H and O–H groups in total. The van der Waals surface area contributed by atoms with Crippen molar-refractivity contribution in [2.75, 3.05) is 32.2 Å². The summed E-state index contributed by atoms with van der Waals surface area (Å²) in [6, 6.07) is 3.49. The van der Waals surface area contributed by atoms with Gasteiger partial charge in [0.1, 0.15) is 5.60 Å². The highest BCUT2D eigenvalue weighted by Crippen LogP contribution is 2.22. The van der Waals surface area contributed by atoms with Crippen LogP contribution in [0.25, 0.3) is 6.08 Å². The second-order valence-electron chi connectivity index (χ2n) is 9.51. The van der Waals surface area contributed by atoms with E-state index in [1.807, 2.05) is 34.6 Å². The van der Waals surface area contributed by atoms with Crippen LogP contribution in [0.4, 0.5) is 0 Å². The van der Waals surface area contributed by atoms with Gasteiger partial charge < -0.3 is 14.2 Å². The van der Waals surface area contributed by atoms with Gasteiger partial charge >= 0.3 is 5.97 Å². The number of carbonyl (C=O) groups is 1. The molecule has 1 aliphatic heterocycles. The molecule has 6 nitrogen and oxygen atoms in total. The Morgan fingerprint density at radius 1 is 1.06 bits per heavy atom. The third-order valence-electron chi connectivity index (χ3n) is 5.42. The van der Waals surface area contributed by atoms with E-state index in [-0.39, 0.29) is 11.7 Å². The summed E-state index contributed by atoms with van der Waals surface area (Å²) in [7, 11) is -3.34. The lowest BCUT2D eigenvalue weighted by molar-refractivity contribution is 0.00692. The topological polar surface area (TPSA) is 78.9 Å². The minimum Gasteiger partial charge on any atom is -0.456 e. The lowest BCUT2D eigenvalue weighted by Gasteiger charge is -2.20. The number of benzene rings is 1. The summed E-state index contributed by atoms with van der Waals surface area (Å²) in [4.78, 5) is 12.4. The van der Waals surface area contributed by atoms with E-state index in [1.54, 1.807) is 18.2 Å². The number of sulfone groups is 1. The second kappa shape index (κ2) is 12.0. The number of aryl methyl sites for hydroxylation is 2. The van der Waals surface area contributed by atoms with Gasteiger partial charge in [0.25, 0.3) is 0 Å². The molecule has 7 heteroatoms. The summed E-state index contributed by atoms with van der Waals surface area (Å²) < 4.78 is 41.8. The fourth-order valence-corrected chi connectivity index (χ4v) is 4.88. The molecule has 1 saturated heterocycles. The van der Waals surface area contributed by atoms with Crippen molar-refractivity contribution in [3.63, 3.8) is 0 Å². The first-order valence-corrected chi connectivity index (χ1v) is 13.1. The Morgan fingerprint density at radius 3 is 2.31 bits per heavy atom. The molecule has 1 fully saturated rings. The molecule has 0 radical (unpaired) electrons. The maximum atomic E-state index is 12.7. The van der Waals surface area contributed by atoms with E-state index in [2.05, 4.69) is 0 Å². The summed E-state index contributed by atoms with van der Waals surface area (Å²) >= 11 is 0. The summed E-state index contributed by atoms with van der Waals surface area (Å²) in [5.41, 5.74) is 2.38. The van der Waals surface area contributed by atoms with Gasteiger partial charge in [-0.2, -0.15) is 0 Å². The van der Waals surface area contributed by atoms with Gasteiger partial charge in [-0.15, -0.1) is 0 Å². The highest BCUT2D eigenvalue weighted by molar-refractivity contribution is 7.94. The SMILES string of the molecule is Cc1cc(C(=O)OC(C)(C)C)cc(C)c1/C=C/S(=O)(=O)CCC1CCCOCCOCC1. The van der Waals surface area contributed by atoms with Gasteiger partial charge in [0.2, 0.25) is 0 Å². The van der Waals surface area contributed by atoms with E-state index in [1.165, 1.54) is 5.41 Å². The van der Waals surface area contributed by atoms with Gasteiger partial charge in [-0.05, 0) is 101 Å². The van der Waals surface area contributed by atoms with E-state index in [4.69, 9.17) is 14.2 Å². The third kappa shape index (κ3) is 9.43. The highest BCUT2D eigenvalue weighted by Gasteiger charge is 2.19. The fourth-order valence-electron chi connectivity index (χ4n) is 3.74. The maximum absolute atomic E-state index is 12.7. The van der Waals surface area contributed by atoms with Crippen LogP contribution in [-0.2, 0) is 24.0 Å². The highest BCUT2D eigenvalue weighted by atomic mass is 32.2. The molecular formula is C25H38O6S. The Kier molecular flexibility index (Phi) is 9.92. The number of hydrogen-bond acceptors (Lipinski definition) is 6. The fraction of sp³-hybridized carbons (Fsp3) is 0.640. The van der Waals surface area contributed by atoms with Crippen LogP contribution in [0, 0.1) is 19.8 Å². The minimum absolute atomic E-state index is 0.114. The molecule has 0 bridgehead atoms. The van der Waals surface area contributed by atoms with Crippen molar-refractivity contribution in [2.45, 2.75) is 65.9 Å². The van der Waals surface area contributed by atoms with E-state index < -0.39 is 15.4 Å². The predicted molar refractivity (Wildman–Crippen MR) is 128 cm³/mol. The molecule has 0 aliphatic carbocycles. The number of ether oxygens (including phenoxy) is 3. The monoisotopic (exact) mass is 466 g/mol. The van der Waals surface area contributed by atoms with Gasteiger partial charge in [-0.3, -0.25) is 0 Å². The molecule has 0 saturated carbocycles. The zero-order chi connectivity index (χ0) is 23.8. The lowest BCUT2D eigenvalue weighted by Crippen LogP contribution is -2.24. The summed E-state index contributed by atoms with van der Waals surface area (Å²) in [6.45, 7) is 11.8. The normalized spacial score (nSPS) is 19.1. The average molecular weight is 467 g/mol. The molecule has 32 heavy (non-hydrogen) atoms. The molecule has 1 aromatic carbocycles. The molecule has 0 aromatic heterocycles. The summed E-state index contributed by atoms with van der Waals surface area (Å²) in [5, 5.41) is 1.30. The number of esters is 1. The van der Waals surface area contributed by atoms with Crippen molar-refractivity contribution in [2.24, 2.45) is 5.92 Å². The van der Waals surface area contributed by atoms with Gasteiger partial charge in [0.05, 0.1) is 24.5 Å². The van der Waals surface area contributed by atoms with Crippen molar-refractivity contribution in [3.05, 3.63) is 39.8 Å². The number of carbonyl (C=O) groups excluding carboxylic acids is 1. The van der Waals surface area contributed by atoms with Crippen LogP contribution in [0.15, 0.2) is 17.5 Å². The molecule has 180 valence electrons. The van der Waals surface area contributed by atoms with Crippen LogP contribution in [0.3, 0.4) is 0 Å². The number of rotatable bonds is 6. The summed E-state index contributed by atoms with van der Waals surface area (Å²) in [5.74, 6) is 0.0479. The second-order valence-corrected chi connectivity index (χ2v) is 11.5. The Hall–Kier alpha value is -1.70. The van der Waals surface area contributed by atoms with Crippen LogP contribution in [0.1, 0.15) is 73.5 Å². The Bertz CT molecular complexity index is 862. The molecular weight excluding hydrogens is 428 g/mol. The molecule has 1 aromatic rings. The first kappa shape index (κ1) is 26.6. The Balaban J connectivity index is 2.03. The largest absolute Gasteiger partial charge is 0.456 e. The predicted octanol–water partition coefficient (Wildman–Crippen LogP) is 4.87. The van der Waals surface area contributed by atoms with Crippen molar-refractivity contribution >= 4 is 21.9 Å². The molecule has 1 heterocycles. The van der Waals surface area contributed by atoms with Crippen LogP contribution >= 0.6 is 0 Å². The van der Waals surface area contributed by atoms with Gasteiger partial charge in [-0.1, -0.05) is 0 Å². The van der Waals surface area contributed by atoms with Gasteiger partial charge in [-0.25, -0.2) is 13.2 Å². The molecule has 1 aliphatic rings. The van der Waals surface area contributed by atoms with E-state index in [0.717, 1.165) is 36.0 Å². The van der Waals surface area contributed by atoms with Crippen molar-refractivity contribution in [3.8, 4) is 0 Å². The van der Waals surface area contributed by atoms with E-state index >= 15 is 0 Å². The zero-order valence-electron chi connectivity index (χ0n) is 20.1. The van der Waals surface area contributed by atoms with Crippen molar-refractivity contribution in [1.82, 2.24) is 0 Å². The molecule has 0 amide bonds. The van der Waals surface area contributed by atoms with E-state index in [0.29, 0.717) is 44.3 Å². The van der Waals surface area contributed by atoms with Crippen LogP contribution < -0.4 is 0 Å². The standard InChI is InChI=1S/C25H38O6S/c1-19-17-22(24(26)31-25(3,4)5)18-20(2)23(19)10-16-32(27,28)15-9-21-7-6-11-29-13-14-30-12-8-21/h10,16-18,21H,6-9,11-15H2,1-5H3/b16-10+. The minimum atomic E-state index is -3.34.